The van der Waals surface area contributed by atoms with E-state index in [9.17, 15) is 4.79 Å². The average molecular weight is 216 g/mol. The van der Waals surface area contributed by atoms with Gasteiger partial charge in [0.25, 0.3) is 0 Å². The van der Waals surface area contributed by atoms with Crippen molar-refractivity contribution in [3.8, 4) is 0 Å². The van der Waals surface area contributed by atoms with Crippen molar-refractivity contribution in [1.29, 1.82) is 0 Å². The average Bonchev–Trinajstić information content (AvgIpc) is 2.21. The van der Waals surface area contributed by atoms with Crippen LogP contribution in [0.15, 0.2) is 0 Å². The highest BCUT2D eigenvalue weighted by Gasteiger charge is 2.19. The van der Waals surface area contributed by atoms with Gasteiger partial charge >= 0.3 is 0 Å². The van der Waals surface area contributed by atoms with E-state index in [0.717, 1.165) is 25.9 Å². The molecule has 0 saturated carbocycles. The van der Waals surface area contributed by atoms with Gasteiger partial charge in [0, 0.05) is 19.1 Å². The summed E-state index contributed by atoms with van der Waals surface area (Å²) in [6.45, 7) is 5.62. The van der Waals surface area contributed by atoms with Crippen molar-refractivity contribution in [3.05, 3.63) is 0 Å². The van der Waals surface area contributed by atoms with Crippen LogP contribution in [0.25, 0.3) is 0 Å². The molecule has 0 atom stereocenters. The summed E-state index contributed by atoms with van der Waals surface area (Å²) in [5, 5.41) is 2.99. The molecule has 0 aromatic carbocycles. The fraction of sp³-hybridized carbons (Fsp3) is 0.900. The number of carbonyl (C=O) groups is 1. The molecule has 1 amide bonds. The lowest BCUT2D eigenvalue weighted by atomic mass is 10.1. The van der Waals surface area contributed by atoms with Crippen molar-refractivity contribution in [2.24, 2.45) is 0 Å². The number of thiol groups is 1. The van der Waals surface area contributed by atoms with Gasteiger partial charge in [-0.1, -0.05) is 6.92 Å². The molecule has 0 radical (unpaired) electrons. The lowest BCUT2D eigenvalue weighted by Crippen LogP contribution is -2.45. The molecule has 1 N–H and O–H groups in total. The quantitative estimate of drug-likeness (QED) is 0.685. The lowest BCUT2D eigenvalue weighted by Gasteiger charge is -2.31. The Bertz CT molecular complexity index is 179. The van der Waals surface area contributed by atoms with Crippen LogP contribution in [0.5, 0.6) is 0 Å². The van der Waals surface area contributed by atoms with Gasteiger partial charge in [-0.25, -0.2) is 0 Å². The summed E-state index contributed by atoms with van der Waals surface area (Å²) < 4.78 is 0. The van der Waals surface area contributed by atoms with Crippen molar-refractivity contribution < 1.29 is 4.79 Å². The van der Waals surface area contributed by atoms with Crippen LogP contribution in [0, 0.1) is 0 Å². The standard InChI is InChI=1S/C10H20N2OS/c1-2-5-12-6-3-9(4-7-12)11-10(13)8-14/h9,14H,2-8H2,1H3,(H,11,13). The predicted octanol–water partition coefficient (Wildman–Crippen LogP) is 0.907. The van der Waals surface area contributed by atoms with Crippen molar-refractivity contribution in [2.45, 2.75) is 32.2 Å². The molecule has 1 aliphatic heterocycles. The van der Waals surface area contributed by atoms with Crippen LogP contribution in [0.4, 0.5) is 0 Å². The fourth-order valence-electron chi connectivity index (χ4n) is 1.89. The fourth-order valence-corrected chi connectivity index (χ4v) is 1.98. The van der Waals surface area contributed by atoms with Crippen LogP contribution in [-0.2, 0) is 4.79 Å². The second-order valence-corrected chi connectivity index (χ2v) is 4.16. The van der Waals surface area contributed by atoms with Crippen molar-refractivity contribution in [1.82, 2.24) is 10.2 Å². The molecule has 0 aromatic rings. The van der Waals surface area contributed by atoms with E-state index >= 15 is 0 Å². The first-order valence-electron chi connectivity index (χ1n) is 5.38. The summed E-state index contributed by atoms with van der Waals surface area (Å²) in [5.74, 6) is 0.358. The maximum atomic E-state index is 11.1. The Morgan fingerprint density at radius 2 is 2.14 bits per heavy atom. The number of likely N-dealkylation sites (tertiary alicyclic amines) is 1. The number of rotatable bonds is 4. The molecule has 4 heteroatoms. The van der Waals surface area contributed by atoms with E-state index in [4.69, 9.17) is 0 Å². The van der Waals surface area contributed by atoms with E-state index in [2.05, 4.69) is 29.8 Å². The molecule has 1 saturated heterocycles. The third-order valence-electron chi connectivity index (χ3n) is 2.64. The van der Waals surface area contributed by atoms with E-state index in [-0.39, 0.29) is 5.91 Å². The van der Waals surface area contributed by atoms with Gasteiger partial charge in [0.1, 0.15) is 0 Å². The highest BCUT2D eigenvalue weighted by Crippen LogP contribution is 2.10. The summed E-state index contributed by atoms with van der Waals surface area (Å²) >= 11 is 3.94. The number of hydrogen-bond acceptors (Lipinski definition) is 3. The molecule has 82 valence electrons. The molecule has 0 bridgehead atoms. The van der Waals surface area contributed by atoms with Crippen LogP contribution in [0.3, 0.4) is 0 Å². The predicted molar refractivity (Wildman–Crippen MR) is 61.7 cm³/mol. The Kier molecular flexibility index (Phi) is 5.33. The van der Waals surface area contributed by atoms with Crippen molar-refractivity contribution >= 4 is 18.5 Å². The Morgan fingerprint density at radius 3 is 2.64 bits per heavy atom. The van der Waals surface area contributed by atoms with Crippen LogP contribution in [0.2, 0.25) is 0 Å². The van der Waals surface area contributed by atoms with E-state index in [1.165, 1.54) is 13.0 Å². The number of amides is 1. The molecule has 14 heavy (non-hydrogen) atoms. The van der Waals surface area contributed by atoms with Gasteiger partial charge < -0.3 is 10.2 Å². The molecule has 1 heterocycles. The van der Waals surface area contributed by atoms with Gasteiger partial charge in [-0.15, -0.1) is 0 Å². The van der Waals surface area contributed by atoms with Crippen LogP contribution >= 0.6 is 12.6 Å². The Morgan fingerprint density at radius 1 is 1.50 bits per heavy atom. The monoisotopic (exact) mass is 216 g/mol. The highest BCUT2D eigenvalue weighted by atomic mass is 32.1. The van der Waals surface area contributed by atoms with Crippen LogP contribution in [0.1, 0.15) is 26.2 Å². The first-order valence-corrected chi connectivity index (χ1v) is 6.02. The van der Waals surface area contributed by atoms with Gasteiger partial charge in [0.2, 0.25) is 5.91 Å². The second kappa shape index (κ2) is 6.30. The molecule has 0 aliphatic carbocycles. The zero-order valence-corrected chi connectivity index (χ0v) is 9.72. The largest absolute Gasteiger partial charge is 0.353 e. The summed E-state index contributed by atoms with van der Waals surface area (Å²) in [6, 6.07) is 0.378. The van der Waals surface area contributed by atoms with E-state index in [1.54, 1.807) is 0 Å². The summed E-state index contributed by atoms with van der Waals surface area (Å²) in [7, 11) is 0. The summed E-state index contributed by atoms with van der Waals surface area (Å²) in [5.41, 5.74) is 0. The zero-order valence-electron chi connectivity index (χ0n) is 8.83. The van der Waals surface area contributed by atoms with Gasteiger partial charge in [-0.05, 0) is 25.8 Å². The summed E-state index contributed by atoms with van der Waals surface area (Å²) in [4.78, 5) is 13.5. The number of hydrogen-bond donors (Lipinski definition) is 2. The lowest BCUT2D eigenvalue weighted by molar-refractivity contribution is -0.119. The van der Waals surface area contributed by atoms with Gasteiger partial charge in [-0.2, -0.15) is 12.6 Å². The normalized spacial score (nSPS) is 19.6. The SMILES string of the molecule is CCCN1CCC(NC(=O)CS)CC1. The molecule has 3 nitrogen and oxygen atoms in total. The summed E-state index contributed by atoms with van der Waals surface area (Å²) in [6.07, 6.45) is 3.38. The number of nitrogens with one attached hydrogen (secondary N) is 1. The molecule has 0 spiro atoms. The van der Waals surface area contributed by atoms with Crippen molar-refractivity contribution in [3.63, 3.8) is 0 Å². The van der Waals surface area contributed by atoms with E-state index in [0.29, 0.717) is 11.8 Å². The molecule has 1 fully saturated rings. The van der Waals surface area contributed by atoms with Crippen LogP contribution in [-0.4, -0.2) is 42.2 Å². The van der Waals surface area contributed by atoms with Gasteiger partial charge in [0.15, 0.2) is 0 Å². The number of carbonyl (C=O) groups excluding carboxylic acids is 1. The highest BCUT2D eigenvalue weighted by molar-refractivity contribution is 7.81. The topological polar surface area (TPSA) is 32.3 Å². The van der Waals surface area contributed by atoms with Gasteiger partial charge in [0.05, 0.1) is 5.75 Å². The first kappa shape index (κ1) is 11.9. The molecule has 1 aliphatic rings. The second-order valence-electron chi connectivity index (χ2n) is 3.84. The minimum absolute atomic E-state index is 0.0577. The van der Waals surface area contributed by atoms with E-state index < -0.39 is 0 Å². The molecular formula is C10H20N2OS. The third kappa shape index (κ3) is 3.88. The smallest absolute Gasteiger partial charge is 0.229 e. The van der Waals surface area contributed by atoms with Crippen LogP contribution < -0.4 is 5.32 Å². The minimum Gasteiger partial charge on any atom is -0.353 e. The Labute approximate surface area is 91.6 Å². The molecular weight excluding hydrogens is 196 g/mol. The van der Waals surface area contributed by atoms with E-state index in [1.807, 2.05) is 0 Å². The maximum Gasteiger partial charge on any atom is 0.229 e. The minimum atomic E-state index is 0.0577. The number of piperidine rings is 1. The molecule has 1 rings (SSSR count). The Balaban J connectivity index is 2.18. The third-order valence-corrected chi connectivity index (χ3v) is 2.92. The van der Waals surface area contributed by atoms with Gasteiger partial charge in [-0.3, -0.25) is 4.79 Å². The first-order chi connectivity index (χ1) is 6.76. The van der Waals surface area contributed by atoms with Crippen molar-refractivity contribution in [2.75, 3.05) is 25.4 Å². The zero-order chi connectivity index (χ0) is 10.4. The number of nitrogens with zero attached hydrogens (tertiary/aromatic N) is 1. The molecule has 0 aromatic heterocycles. The maximum absolute atomic E-state index is 11.1. The Hall–Kier alpha value is -0.220. The molecule has 0 unspecified atom stereocenters.